The molecule has 1 atom stereocenters. The topological polar surface area (TPSA) is 3.24 Å². The van der Waals surface area contributed by atoms with E-state index in [1.54, 1.807) is 0 Å². The van der Waals surface area contributed by atoms with Crippen LogP contribution in [0.3, 0.4) is 0 Å². The Bertz CT molecular complexity index is 2330. The second-order valence-corrected chi connectivity index (χ2v) is 12.9. The fraction of sp³-hybridized carbons (Fsp3) is 0.0400. The van der Waals surface area contributed by atoms with Crippen molar-refractivity contribution < 1.29 is 0 Å². The van der Waals surface area contributed by atoms with Gasteiger partial charge in [-0.3, -0.25) is 0 Å². The Hall–Kier alpha value is -6.44. The van der Waals surface area contributed by atoms with E-state index >= 15 is 0 Å². The molecule has 8 rings (SSSR count). The van der Waals surface area contributed by atoms with Crippen LogP contribution >= 0.6 is 0 Å². The van der Waals surface area contributed by atoms with Crippen LogP contribution in [-0.4, -0.2) is 0 Å². The summed E-state index contributed by atoms with van der Waals surface area (Å²) in [5.74, 6) is 0. The van der Waals surface area contributed by atoms with Gasteiger partial charge >= 0.3 is 0 Å². The van der Waals surface area contributed by atoms with E-state index in [4.69, 9.17) is 0 Å². The lowest BCUT2D eigenvalue weighted by molar-refractivity contribution is 0.750. The van der Waals surface area contributed by atoms with Crippen LogP contribution in [0.5, 0.6) is 0 Å². The molecule has 1 heteroatoms. The lowest BCUT2D eigenvalue weighted by Crippen LogP contribution is -2.32. The summed E-state index contributed by atoms with van der Waals surface area (Å²) in [6.45, 7) is 6.52. The number of hydrogen-bond acceptors (Lipinski definition) is 1. The van der Waals surface area contributed by atoms with Crippen LogP contribution in [0, 0.1) is 0 Å². The third-order valence-corrected chi connectivity index (χ3v) is 10.1. The summed E-state index contributed by atoms with van der Waals surface area (Å²) in [6.07, 6.45) is 6.51. The van der Waals surface area contributed by atoms with Gasteiger partial charge in [-0.15, -0.1) is 0 Å². The highest BCUT2D eigenvalue weighted by atomic mass is 15.1. The molecule has 1 nitrogen and oxygen atoms in total. The molecule has 0 amide bonds. The van der Waals surface area contributed by atoms with E-state index in [0.717, 1.165) is 28.2 Å². The van der Waals surface area contributed by atoms with Gasteiger partial charge in [0.1, 0.15) is 0 Å². The Morgan fingerprint density at radius 2 is 1.00 bits per heavy atom. The lowest BCUT2D eigenvalue weighted by Gasteiger charge is -2.39. The van der Waals surface area contributed by atoms with Crippen LogP contribution < -0.4 is 4.90 Å². The van der Waals surface area contributed by atoms with Gasteiger partial charge in [0.15, 0.2) is 0 Å². The van der Waals surface area contributed by atoms with Crippen molar-refractivity contribution in [1.29, 1.82) is 0 Å². The SMILES string of the molecule is C=CC1=C(/C=C\C)C(c2ccccc2)(c2cccc(-c3ccc(N(c4ccccc4)c4ccccc4)cc3)c2)c2ccccc2-c2ccccc21. The van der Waals surface area contributed by atoms with Gasteiger partial charge in [-0.1, -0.05) is 170 Å². The molecule has 1 aliphatic rings. The zero-order valence-electron chi connectivity index (χ0n) is 28.8. The molecule has 0 fully saturated rings. The number of allylic oxidation sites excluding steroid dienone is 5. The zero-order chi connectivity index (χ0) is 34.6. The van der Waals surface area contributed by atoms with Crippen LogP contribution in [0.1, 0.15) is 29.2 Å². The van der Waals surface area contributed by atoms with E-state index in [2.05, 4.69) is 219 Å². The summed E-state index contributed by atoms with van der Waals surface area (Å²) in [5.41, 5.74) is 14.7. The number of benzene rings is 7. The van der Waals surface area contributed by atoms with Gasteiger partial charge in [0, 0.05) is 17.1 Å². The van der Waals surface area contributed by atoms with Crippen molar-refractivity contribution in [1.82, 2.24) is 0 Å². The maximum atomic E-state index is 4.41. The maximum absolute atomic E-state index is 4.41. The van der Waals surface area contributed by atoms with Gasteiger partial charge in [-0.05, 0) is 105 Å². The van der Waals surface area contributed by atoms with Crippen molar-refractivity contribution in [3.63, 3.8) is 0 Å². The molecule has 0 saturated carbocycles. The number of hydrogen-bond donors (Lipinski definition) is 0. The molecule has 0 spiro atoms. The van der Waals surface area contributed by atoms with Gasteiger partial charge in [0.2, 0.25) is 0 Å². The molecule has 0 bridgehead atoms. The Balaban J connectivity index is 1.35. The molecule has 0 aliphatic heterocycles. The summed E-state index contributed by atoms with van der Waals surface area (Å²) >= 11 is 0. The van der Waals surface area contributed by atoms with Crippen LogP contribution in [0.25, 0.3) is 27.8 Å². The Morgan fingerprint density at radius 1 is 0.471 bits per heavy atom. The number of para-hydroxylation sites is 2. The van der Waals surface area contributed by atoms with Crippen molar-refractivity contribution in [2.75, 3.05) is 4.90 Å². The highest BCUT2D eigenvalue weighted by Gasteiger charge is 2.44. The van der Waals surface area contributed by atoms with Gasteiger partial charge in [0.25, 0.3) is 0 Å². The van der Waals surface area contributed by atoms with Crippen LogP contribution in [-0.2, 0) is 5.41 Å². The standard InChI is InChI=1S/C50H39N/c1-3-19-48-44(4-2)45-28-14-15-29-46(45)47-30-16-17-31-49(47)50(48,39-21-8-5-9-22-39)40-23-18-20-38(36-40)37-32-34-43(35-33-37)51(41-24-10-6-11-25-41)42-26-12-7-13-27-42/h3-36H,2H2,1H3/b19-3-. The van der Waals surface area contributed by atoms with E-state index in [-0.39, 0.29) is 0 Å². The Morgan fingerprint density at radius 3 is 1.63 bits per heavy atom. The van der Waals surface area contributed by atoms with Gasteiger partial charge in [-0.25, -0.2) is 0 Å². The second-order valence-electron chi connectivity index (χ2n) is 12.9. The molecule has 0 N–H and O–H groups in total. The van der Waals surface area contributed by atoms with Crippen LogP contribution in [0.2, 0.25) is 0 Å². The highest BCUT2D eigenvalue weighted by molar-refractivity contribution is 5.95. The van der Waals surface area contributed by atoms with Crippen LogP contribution in [0.15, 0.2) is 218 Å². The normalized spacial score (nSPS) is 15.2. The summed E-state index contributed by atoms with van der Waals surface area (Å²) in [6, 6.07) is 67.9. The van der Waals surface area contributed by atoms with E-state index in [1.807, 2.05) is 6.08 Å². The second kappa shape index (κ2) is 13.8. The quantitative estimate of drug-likeness (QED) is 0.158. The molecule has 1 unspecified atom stereocenters. The number of rotatable bonds is 8. The predicted molar refractivity (Wildman–Crippen MR) is 217 cm³/mol. The van der Waals surface area contributed by atoms with Gasteiger partial charge in [-0.2, -0.15) is 0 Å². The molecule has 0 heterocycles. The zero-order valence-corrected chi connectivity index (χ0v) is 28.8. The minimum Gasteiger partial charge on any atom is -0.311 e. The van der Waals surface area contributed by atoms with Crippen molar-refractivity contribution in [3.05, 3.63) is 241 Å². The first-order chi connectivity index (χ1) is 25.2. The monoisotopic (exact) mass is 653 g/mol. The van der Waals surface area contributed by atoms with E-state index in [0.29, 0.717) is 0 Å². The third-order valence-electron chi connectivity index (χ3n) is 10.1. The fourth-order valence-corrected chi connectivity index (χ4v) is 7.90. The van der Waals surface area contributed by atoms with Crippen molar-refractivity contribution in [2.24, 2.45) is 0 Å². The summed E-state index contributed by atoms with van der Waals surface area (Å²) < 4.78 is 0. The minimum absolute atomic E-state index is 0.625. The fourth-order valence-electron chi connectivity index (χ4n) is 7.90. The highest BCUT2D eigenvalue weighted by Crippen LogP contribution is 2.55. The first kappa shape index (κ1) is 31.8. The Kier molecular flexibility index (Phi) is 8.62. The molecular weight excluding hydrogens is 615 g/mol. The molecule has 7 aromatic rings. The lowest BCUT2D eigenvalue weighted by atomic mass is 9.62. The smallest absolute Gasteiger partial charge is 0.0713 e. The van der Waals surface area contributed by atoms with E-state index in [9.17, 15) is 0 Å². The first-order valence-corrected chi connectivity index (χ1v) is 17.6. The minimum atomic E-state index is -0.625. The van der Waals surface area contributed by atoms with Crippen molar-refractivity contribution in [3.8, 4) is 22.3 Å². The van der Waals surface area contributed by atoms with E-state index < -0.39 is 5.41 Å². The molecule has 7 aromatic carbocycles. The number of anilines is 3. The molecule has 0 aromatic heterocycles. The summed E-state index contributed by atoms with van der Waals surface area (Å²) in [4.78, 5) is 2.30. The number of nitrogens with zero attached hydrogens (tertiary/aromatic N) is 1. The summed E-state index contributed by atoms with van der Waals surface area (Å²) in [7, 11) is 0. The molecule has 244 valence electrons. The molecule has 51 heavy (non-hydrogen) atoms. The molecule has 0 radical (unpaired) electrons. The van der Waals surface area contributed by atoms with Crippen LogP contribution in [0.4, 0.5) is 17.1 Å². The molecular formula is C50H39N. The largest absolute Gasteiger partial charge is 0.311 e. The summed E-state index contributed by atoms with van der Waals surface area (Å²) in [5, 5.41) is 0. The van der Waals surface area contributed by atoms with Gasteiger partial charge in [0.05, 0.1) is 5.41 Å². The van der Waals surface area contributed by atoms with E-state index in [1.165, 1.54) is 44.5 Å². The first-order valence-electron chi connectivity index (χ1n) is 17.6. The maximum Gasteiger partial charge on any atom is 0.0713 e. The third kappa shape index (κ3) is 5.54. The average molecular weight is 654 g/mol. The average Bonchev–Trinajstić information content (AvgIpc) is 3.31. The number of fused-ring (bicyclic) bond motifs is 3. The Labute approximate surface area is 301 Å². The molecule has 0 saturated heterocycles. The van der Waals surface area contributed by atoms with Gasteiger partial charge < -0.3 is 4.90 Å². The van der Waals surface area contributed by atoms with Crippen molar-refractivity contribution in [2.45, 2.75) is 12.3 Å². The van der Waals surface area contributed by atoms with Crippen molar-refractivity contribution >= 4 is 22.6 Å². The molecule has 1 aliphatic carbocycles. The predicted octanol–water partition coefficient (Wildman–Crippen LogP) is 13.4.